The predicted octanol–water partition coefficient (Wildman–Crippen LogP) is 5.10. The number of aliphatic hydroxyl groups excluding tert-OH is 1. The zero-order valence-electron chi connectivity index (χ0n) is 24.5. The lowest BCUT2D eigenvalue weighted by atomic mass is 9.46. The summed E-state index contributed by atoms with van der Waals surface area (Å²) in [5.74, 6) is 2.21. The molecule has 3 saturated carbocycles. The molecule has 5 aliphatic rings. The summed E-state index contributed by atoms with van der Waals surface area (Å²) in [5, 5.41) is 20.6. The van der Waals surface area contributed by atoms with Gasteiger partial charge in [0.15, 0.2) is 0 Å². The van der Waals surface area contributed by atoms with Gasteiger partial charge in [-0.2, -0.15) is 0 Å². The van der Waals surface area contributed by atoms with Crippen molar-refractivity contribution < 1.29 is 24.3 Å². The third-order valence-corrected chi connectivity index (χ3v) is 11.2. The quantitative estimate of drug-likeness (QED) is 0.141. The van der Waals surface area contributed by atoms with Crippen molar-refractivity contribution in [2.45, 2.75) is 123 Å². The number of nitrogens with zero attached hydrogens (tertiary/aromatic N) is 1. The monoisotopic (exact) mass is 543 g/mol. The van der Waals surface area contributed by atoms with Crippen molar-refractivity contribution in [3.05, 3.63) is 11.6 Å². The maximum Gasteiger partial charge on any atom is 0.433 e. The lowest BCUT2D eigenvalue weighted by molar-refractivity contribution is -0.149. The number of hydrogen-bond acceptors (Lipinski definition) is 7. The van der Waals surface area contributed by atoms with E-state index >= 15 is 0 Å². The van der Waals surface area contributed by atoms with Crippen LogP contribution in [0.1, 0.15) is 98.8 Å². The van der Waals surface area contributed by atoms with E-state index in [0.717, 1.165) is 43.7 Å². The van der Waals surface area contributed by atoms with Gasteiger partial charge in [0, 0.05) is 18.5 Å². The van der Waals surface area contributed by atoms with E-state index in [1.807, 2.05) is 20.8 Å². The van der Waals surface area contributed by atoms with E-state index in [4.69, 9.17) is 9.57 Å². The van der Waals surface area contributed by atoms with Gasteiger partial charge in [0.05, 0.1) is 17.9 Å². The number of fused-ring (bicyclic) bond motifs is 5. The Bertz CT molecular complexity index is 1010. The first-order valence-corrected chi connectivity index (χ1v) is 15.4. The summed E-state index contributed by atoms with van der Waals surface area (Å²) in [6, 6.07) is -0.308. The number of rotatable bonds is 6. The Balaban J connectivity index is 1.14. The van der Waals surface area contributed by atoms with E-state index in [1.54, 1.807) is 0 Å². The molecule has 0 aromatic carbocycles. The molecule has 1 amide bonds. The maximum atomic E-state index is 12.4. The van der Waals surface area contributed by atoms with Crippen molar-refractivity contribution in [1.82, 2.24) is 10.6 Å². The number of carbonyl (C=O) groups excluding carboxylic acids is 2. The normalized spacial score (nSPS) is 41.8. The molecule has 0 spiro atoms. The van der Waals surface area contributed by atoms with Gasteiger partial charge in [-0.05, 0) is 114 Å². The molecule has 4 aliphatic carbocycles. The van der Waals surface area contributed by atoms with Crippen molar-refractivity contribution in [3.63, 3.8) is 0 Å². The smallest absolute Gasteiger partial charge is 0.433 e. The minimum atomic E-state index is -0.549. The first-order valence-electron chi connectivity index (χ1n) is 15.4. The number of esters is 1. The van der Waals surface area contributed by atoms with Gasteiger partial charge in [0.25, 0.3) is 0 Å². The molecular weight excluding hydrogens is 494 g/mol. The summed E-state index contributed by atoms with van der Waals surface area (Å²) in [6.45, 7) is 11.0. The van der Waals surface area contributed by atoms with E-state index in [0.29, 0.717) is 30.7 Å². The molecule has 2 unspecified atom stereocenters. The van der Waals surface area contributed by atoms with Crippen LogP contribution in [0, 0.1) is 34.5 Å². The number of oxime groups is 1. The molecule has 8 heteroatoms. The zero-order valence-corrected chi connectivity index (χ0v) is 24.5. The molecule has 1 heterocycles. The minimum Gasteiger partial charge on any atom is -0.462 e. The Labute approximate surface area is 233 Å². The van der Waals surface area contributed by atoms with Crippen LogP contribution >= 0.6 is 0 Å². The van der Waals surface area contributed by atoms with Crippen LogP contribution < -0.4 is 10.6 Å². The average molecular weight is 544 g/mol. The highest BCUT2D eigenvalue weighted by molar-refractivity contribution is 5.85. The van der Waals surface area contributed by atoms with Crippen LogP contribution in [0.15, 0.2) is 16.8 Å². The number of aliphatic hydroxyl groups is 1. The highest BCUT2D eigenvalue weighted by Crippen LogP contribution is 2.66. The Morgan fingerprint density at radius 2 is 1.90 bits per heavy atom. The topological polar surface area (TPSA) is 109 Å². The lowest BCUT2D eigenvalue weighted by Crippen LogP contribution is -2.51. The third kappa shape index (κ3) is 5.52. The highest BCUT2D eigenvalue weighted by atomic mass is 16.7. The van der Waals surface area contributed by atoms with E-state index in [9.17, 15) is 14.7 Å². The van der Waals surface area contributed by atoms with Crippen LogP contribution in [-0.4, -0.2) is 53.7 Å². The molecule has 0 aromatic heterocycles. The molecule has 218 valence electrons. The molecule has 3 N–H and O–H groups in total. The van der Waals surface area contributed by atoms with Crippen molar-refractivity contribution in [1.29, 1.82) is 0 Å². The highest BCUT2D eigenvalue weighted by Gasteiger charge is 2.59. The van der Waals surface area contributed by atoms with Gasteiger partial charge in [-0.25, -0.2) is 4.79 Å². The van der Waals surface area contributed by atoms with Gasteiger partial charge in [-0.1, -0.05) is 30.7 Å². The Morgan fingerprint density at radius 3 is 2.67 bits per heavy atom. The molecule has 4 fully saturated rings. The standard InChI is InChI=1S/C31H49N3O5/c1-18(2)38-28(36)27-11-7-21(33-27)17-32-29(37)39-34-19(3)24-9-10-25-23-8-6-20-16-22(35)12-14-30(20,4)26(23)13-15-31(24,25)5/h16,18,21-27,33,35H,6-15,17H2,1-5H3,(H,32,37)/b34-19+/t21?,22-,23+,24-,25+,26+,27?,30+,31-/m1/s1. The summed E-state index contributed by atoms with van der Waals surface area (Å²) >= 11 is 0. The largest absolute Gasteiger partial charge is 0.462 e. The van der Waals surface area contributed by atoms with Crippen molar-refractivity contribution in [3.8, 4) is 0 Å². The van der Waals surface area contributed by atoms with Crippen LogP contribution in [0.5, 0.6) is 0 Å². The van der Waals surface area contributed by atoms with Gasteiger partial charge >= 0.3 is 12.1 Å². The van der Waals surface area contributed by atoms with Crippen LogP contribution in [0.2, 0.25) is 0 Å². The van der Waals surface area contributed by atoms with Crippen LogP contribution in [0.4, 0.5) is 4.79 Å². The van der Waals surface area contributed by atoms with E-state index in [1.165, 1.54) is 31.3 Å². The molecule has 0 bridgehead atoms. The van der Waals surface area contributed by atoms with Crippen molar-refractivity contribution in [2.75, 3.05) is 6.54 Å². The molecule has 8 nitrogen and oxygen atoms in total. The fourth-order valence-corrected chi connectivity index (χ4v) is 9.29. The summed E-state index contributed by atoms with van der Waals surface area (Å²) in [5.41, 5.74) is 2.87. The fraction of sp³-hybridized carbons (Fsp3) is 0.839. The average Bonchev–Trinajstić information content (AvgIpc) is 3.50. The molecule has 0 radical (unpaired) electrons. The fourth-order valence-electron chi connectivity index (χ4n) is 9.29. The lowest BCUT2D eigenvalue weighted by Gasteiger charge is -2.58. The number of allylic oxidation sites excluding steroid dienone is 1. The minimum absolute atomic E-state index is 0.0113. The molecule has 1 aliphatic heterocycles. The first kappa shape index (κ1) is 28.6. The van der Waals surface area contributed by atoms with Crippen LogP contribution in [-0.2, 0) is 14.4 Å². The number of amides is 1. The van der Waals surface area contributed by atoms with Gasteiger partial charge in [0.1, 0.15) is 6.04 Å². The summed E-state index contributed by atoms with van der Waals surface area (Å²) < 4.78 is 5.29. The van der Waals surface area contributed by atoms with E-state index < -0.39 is 6.09 Å². The summed E-state index contributed by atoms with van der Waals surface area (Å²) in [6.07, 6.45) is 11.8. The van der Waals surface area contributed by atoms with Gasteiger partial charge < -0.3 is 15.2 Å². The SMILES string of the molecule is C/C(=N\OC(=O)NCC1CCC(C(=O)OC(C)C)N1)[C@H]1CC[C@H]2[C@@H]3CCC4=C[C@H](O)CC[C@]4(C)[C@H]3CC[C@]12C. The molecule has 9 atom stereocenters. The number of hydrogen-bond donors (Lipinski definition) is 3. The van der Waals surface area contributed by atoms with E-state index in [-0.39, 0.29) is 41.1 Å². The molecule has 1 saturated heterocycles. The summed E-state index contributed by atoms with van der Waals surface area (Å²) in [7, 11) is 0. The van der Waals surface area contributed by atoms with E-state index in [2.05, 4.69) is 35.7 Å². The van der Waals surface area contributed by atoms with Crippen LogP contribution in [0.25, 0.3) is 0 Å². The predicted molar refractivity (Wildman–Crippen MR) is 150 cm³/mol. The van der Waals surface area contributed by atoms with Gasteiger partial charge in [0.2, 0.25) is 0 Å². The number of ether oxygens (including phenoxy) is 1. The molecule has 39 heavy (non-hydrogen) atoms. The number of nitrogens with one attached hydrogen (secondary N) is 2. The zero-order chi connectivity index (χ0) is 27.9. The van der Waals surface area contributed by atoms with Crippen molar-refractivity contribution >= 4 is 17.8 Å². The van der Waals surface area contributed by atoms with Crippen molar-refractivity contribution in [2.24, 2.45) is 39.7 Å². The Hall–Kier alpha value is -1.93. The Morgan fingerprint density at radius 1 is 1.10 bits per heavy atom. The molecular formula is C31H49N3O5. The number of carbonyl (C=O) groups is 2. The van der Waals surface area contributed by atoms with Gasteiger partial charge in [-0.15, -0.1) is 0 Å². The Kier molecular flexibility index (Phi) is 8.18. The first-order chi connectivity index (χ1) is 18.5. The third-order valence-electron chi connectivity index (χ3n) is 11.2. The second-order valence-electron chi connectivity index (χ2n) is 13.8. The second kappa shape index (κ2) is 11.2. The maximum absolute atomic E-state index is 12.4. The second-order valence-corrected chi connectivity index (χ2v) is 13.8. The van der Waals surface area contributed by atoms with Gasteiger partial charge in [-0.3, -0.25) is 14.9 Å². The van der Waals surface area contributed by atoms with Crippen LogP contribution in [0.3, 0.4) is 0 Å². The molecule has 0 aromatic rings. The summed E-state index contributed by atoms with van der Waals surface area (Å²) in [4.78, 5) is 29.9. The molecule has 5 rings (SSSR count).